The SMILES string of the molecule is Cn1ccc(C(=O)N2CCCC2/C(N)=N/O)cc1=O. The number of likely N-dealkylation sites (tertiary alicyclic amines) is 1. The van der Waals surface area contributed by atoms with Crippen molar-refractivity contribution in [1.29, 1.82) is 0 Å². The lowest BCUT2D eigenvalue weighted by Crippen LogP contribution is -2.44. The van der Waals surface area contributed by atoms with Crippen LogP contribution in [0.1, 0.15) is 23.2 Å². The average molecular weight is 264 g/mol. The van der Waals surface area contributed by atoms with Gasteiger partial charge in [-0.1, -0.05) is 5.16 Å². The largest absolute Gasteiger partial charge is 0.409 e. The van der Waals surface area contributed by atoms with Crippen LogP contribution in [0.5, 0.6) is 0 Å². The first-order valence-electron chi connectivity index (χ1n) is 5.99. The Kier molecular flexibility index (Phi) is 3.55. The molecule has 0 bridgehead atoms. The number of amides is 1. The number of hydrogen-bond donors (Lipinski definition) is 2. The lowest BCUT2D eigenvalue weighted by Gasteiger charge is -2.23. The molecule has 1 aliphatic rings. The zero-order chi connectivity index (χ0) is 14.0. The fraction of sp³-hybridized carbons (Fsp3) is 0.417. The minimum absolute atomic E-state index is 0.0229. The maximum Gasteiger partial charge on any atom is 0.254 e. The molecule has 1 aromatic rings. The van der Waals surface area contributed by atoms with E-state index in [2.05, 4.69) is 5.16 Å². The molecule has 1 atom stereocenters. The van der Waals surface area contributed by atoms with Crippen LogP contribution in [0.4, 0.5) is 0 Å². The predicted octanol–water partition coefficient (Wildman–Crippen LogP) is -0.264. The van der Waals surface area contributed by atoms with Crippen LogP contribution in [-0.4, -0.2) is 39.0 Å². The summed E-state index contributed by atoms with van der Waals surface area (Å²) < 4.78 is 1.39. The van der Waals surface area contributed by atoms with Crippen LogP contribution < -0.4 is 11.3 Å². The van der Waals surface area contributed by atoms with Crippen molar-refractivity contribution in [3.8, 4) is 0 Å². The van der Waals surface area contributed by atoms with Crippen molar-refractivity contribution in [2.45, 2.75) is 18.9 Å². The van der Waals surface area contributed by atoms with Crippen LogP contribution in [-0.2, 0) is 7.05 Å². The zero-order valence-corrected chi connectivity index (χ0v) is 10.6. The van der Waals surface area contributed by atoms with E-state index < -0.39 is 6.04 Å². The van der Waals surface area contributed by atoms with Gasteiger partial charge < -0.3 is 20.4 Å². The van der Waals surface area contributed by atoms with Gasteiger partial charge in [-0.3, -0.25) is 9.59 Å². The van der Waals surface area contributed by atoms with Gasteiger partial charge in [0.15, 0.2) is 5.84 Å². The molecule has 2 rings (SSSR count). The quantitative estimate of drug-likeness (QED) is 0.332. The first-order chi connectivity index (χ1) is 9.04. The third-order valence-corrected chi connectivity index (χ3v) is 3.32. The van der Waals surface area contributed by atoms with E-state index in [-0.39, 0.29) is 17.3 Å². The second-order valence-corrected chi connectivity index (χ2v) is 4.55. The second-order valence-electron chi connectivity index (χ2n) is 4.55. The summed E-state index contributed by atoms with van der Waals surface area (Å²) in [5, 5.41) is 11.7. The number of oxime groups is 1. The summed E-state index contributed by atoms with van der Waals surface area (Å²) in [6.45, 7) is 0.537. The first kappa shape index (κ1) is 13.1. The highest BCUT2D eigenvalue weighted by molar-refractivity contribution is 5.98. The highest BCUT2D eigenvalue weighted by Gasteiger charge is 2.32. The molecule has 7 heteroatoms. The van der Waals surface area contributed by atoms with E-state index in [1.165, 1.54) is 15.5 Å². The molecule has 3 N–H and O–H groups in total. The highest BCUT2D eigenvalue weighted by Crippen LogP contribution is 2.19. The summed E-state index contributed by atoms with van der Waals surface area (Å²) in [6.07, 6.45) is 2.99. The van der Waals surface area contributed by atoms with Crippen LogP contribution in [0.3, 0.4) is 0 Å². The molecule has 0 spiro atoms. The van der Waals surface area contributed by atoms with Gasteiger partial charge in [0.1, 0.15) is 0 Å². The number of nitrogens with two attached hydrogens (primary N) is 1. The third kappa shape index (κ3) is 2.44. The van der Waals surface area contributed by atoms with E-state index in [0.29, 0.717) is 18.5 Å². The number of aromatic nitrogens is 1. The molecule has 1 aromatic heterocycles. The number of hydrogen-bond acceptors (Lipinski definition) is 4. The normalized spacial score (nSPS) is 19.7. The summed E-state index contributed by atoms with van der Waals surface area (Å²) in [5.41, 5.74) is 5.65. The number of amidine groups is 1. The molecule has 0 aliphatic carbocycles. The minimum Gasteiger partial charge on any atom is -0.409 e. The molecule has 7 nitrogen and oxygen atoms in total. The molecule has 0 aromatic carbocycles. The lowest BCUT2D eigenvalue weighted by molar-refractivity contribution is 0.0767. The Balaban J connectivity index is 2.28. The second kappa shape index (κ2) is 5.13. The molecule has 2 heterocycles. The van der Waals surface area contributed by atoms with Gasteiger partial charge in [0.2, 0.25) is 0 Å². The molecule has 102 valence electrons. The summed E-state index contributed by atoms with van der Waals surface area (Å²) in [6, 6.07) is 2.48. The van der Waals surface area contributed by atoms with Crippen LogP contribution in [0.2, 0.25) is 0 Å². The lowest BCUT2D eigenvalue weighted by atomic mass is 10.2. The molecular formula is C12H16N4O3. The van der Waals surface area contributed by atoms with Crippen LogP contribution in [0.25, 0.3) is 0 Å². The Bertz CT molecular complexity index is 579. The van der Waals surface area contributed by atoms with Gasteiger partial charge in [0.05, 0.1) is 6.04 Å². The highest BCUT2D eigenvalue weighted by atomic mass is 16.4. The van der Waals surface area contributed by atoms with Gasteiger partial charge >= 0.3 is 0 Å². The summed E-state index contributed by atoms with van der Waals surface area (Å²) in [7, 11) is 1.62. The topological polar surface area (TPSA) is 101 Å². The van der Waals surface area contributed by atoms with Gasteiger partial charge in [0.25, 0.3) is 11.5 Å². The number of rotatable bonds is 2. The van der Waals surface area contributed by atoms with E-state index in [1.54, 1.807) is 19.3 Å². The molecular weight excluding hydrogens is 248 g/mol. The minimum atomic E-state index is -0.401. The maximum atomic E-state index is 12.3. The Labute approximate surface area is 109 Å². The fourth-order valence-electron chi connectivity index (χ4n) is 2.23. The molecule has 1 unspecified atom stereocenters. The van der Waals surface area contributed by atoms with E-state index in [4.69, 9.17) is 10.9 Å². The monoisotopic (exact) mass is 264 g/mol. The van der Waals surface area contributed by atoms with Crippen molar-refractivity contribution in [3.05, 3.63) is 34.2 Å². The van der Waals surface area contributed by atoms with E-state index >= 15 is 0 Å². The Hall–Kier alpha value is -2.31. The van der Waals surface area contributed by atoms with E-state index in [1.807, 2.05) is 0 Å². The molecule has 0 radical (unpaired) electrons. The molecule has 1 aliphatic heterocycles. The van der Waals surface area contributed by atoms with Gasteiger partial charge in [-0.2, -0.15) is 0 Å². The van der Waals surface area contributed by atoms with Crippen LogP contribution in [0, 0.1) is 0 Å². The van der Waals surface area contributed by atoms with Gasteiger partial charge in [-0.05, 0) is 18.9 Å². The van der Waals surface area contributed by atoms with Crippen molar-refractivity contribution in [3.63, 3.8) is 0 Å². The average Bonchev–Trinajstić information content (AvgIpc) is 2.89. The third-order valence-electron chi connectivity index (χ3n) is 3.32. The molecule has 1 amide bonds. The maximum absolute atomic E-state index is 12.3. The Morgan fingerprint density at radius 1 is 1.58 bits per heavy atom. The number of nitrogens with zero attached hydrogens (tertiary/aromatic N) is 3. The first-order valence-corrected chi connectivity index (χ1v) is 5.99. The summed E-state index contributed by atoms with van der Waals surface area (Å²) in [4.78, 5) is 25.4. The number of carbonyl (C=O) groups excluding carboxylic acids is 1. The molecule has 19 heavy (non-hydrogen) atoms. The van der Waals surface area contributed by atoms with Crippen LogP contribution in [0.15, 0.2) is 28.3 Å². The standard InChI is InChI=1S/C12H16N4O3/c1-15-6-4-8(7-10(15)17)12(18)16-5-2-3-9(16)11(13)14-19/h4,6-7,9,19H,2-3,5H2,1H3,(H2,13,14). The van der Waals surface area contributed by atoms with E-state index in [0.717, 1.165) is 6.42 Å². The van der Waals surface area contributed by atoms with E-state index in [9.17, 15) is 9.59 Å². The van der Waals surface area contributed by atoms with Crippen molar-refractivity contribution >= 4 is 11.7 Å². The smallest absolute Gasteiger partial charge is 0.254 e. The number of pyridine rings is 1. The zero-order valence-electron chi connectivity index (χ0n) is 10.6. The summed E-state index contributed by atoms with van der Waals surface area (Å²) >= 11 is 0. The molecule has 1 fully saturated rings. The Morgan fingerprint density at radius 2 is 2.32 bits per heavy atom. The number of carbonyl (C=O) groups is 1. The van der Waals surface area contributed by atoms with Gasteiger partial charge in [-0.25, -0.2) is 0 Å². The van der Waals surface area contributed by atoms with Crippen molar-refractivity contribution in [1.82, 2.24) is 9.47 Å². The predicted molar refractivity (Wildman–Crippen MR) is 69.2 cm³/mol. The Morgan fingerprint density at radius 3 is 2.95 bits per heavy atom. The van der Waals surface area contributed by atoms with Gasteiger partial charge in [0, 0.05) is 31.4 Å². The molecule has 1 saturated heterocycles. The summed E-state index contributed by atoms with van der Waals surface area (Å²) in [5.74, 6) is -0.249. The van der Waals surface area contributed by atoms with Crippen molar-refractivity contribution in [2.75, 3.05) is 6.54 Å². The van der Waals surface area contributed by atoms with Gasteiger partial charge in [-0.15, -0.1) is 0 Å². The fourth-order valence-corrected chi connectivity index (χ4v) is 2.23. The van der Waals surface area contributed by atoms with Crippen molar-refractivity contribution in [2.24, 2.45) is 17.9 Å². The van der Waals surface area contributed by atoms with Crippen molar-refractivity contribution < 1.29 is 10.0 Å². The van der Waals surface area contributed by atoms with Crippen LogP contribution >= 0.6 is 0 Å². The number of aryl methyl sites for hydroxylation is 1. The molecule has 0 saturated carbocycles.